The van der Waals surface area contributed by atoms with Crippen LogP contribution in [0.25, 0.3) is 32.8 Å². The molecule has 5 nitrogen and oxygen atoms in total. The first-order valence-electron chi connectivity index (χ1n) is 9.87. The Morgan fingerprint density at radius 1 is 0.967 bits per heavy atom. The molecule has 1 aromatic heterocycles. The summed E-state index contributed by atoms with van der Waals surface area (Å²) in [6, 6.07) is 22.1. The summed E-state index contributed by atoms with van der Waals surface area (Å²) in [7, 11) is 1.69. The van der Waals surface area contributed by atoms with Gasteiger partial charge in [-0.15, -0.1) is 0 Å². The average Bonchev–Trinajstić information content (AvgIpc) is 2.75. The highest BCUT2D eigenvalue weighted by Crippen LogP contribution is 2.32. The van der Waals surface area contributed by atoms with Crippen LogP contribution in [0.4, 0.5) is 0 Å². The van der Waals surface area contributed by atoms with Crippen LogP contribution in [0.5, 0.6) is 0 Å². The molecular formula is C25H23N3O2. The zero-order chi connectivity index (χ0) is 21.3. The topological polar surface area (TPSA) is 76.3 Å². The molecule has 2 amide bonds. The molecule has 0 saturated heterocycles. The lowest BCUT2D eigenvalue weighted by Gasteiger charge is -2.18. The standard InChI is InChI=1S/C25H23N3O2/c1-16-9-10-18-15-17(11-12-23(18)27-16)19-5-3-7-21-20(19)6-4-8-22(21)25(30)28(2)14-13-24(26)29/h3-12,15H,13-14H2,1-2H3,(H2,26,29). The molecule has 150 valence electrons. The van der Waals surface area contributed by atoms with E-state index in [-0.39, 0.29) is 12.3 Å². The zero-order valence-electron chi connectivity index (χ0n) is 17.1. The normalized spacial score (nSPS) is 11.0. The Balaban J connectivity index is 1.78. The van der Waals surface area contributed by atoms with Gasteiger partial charge in [-0.2, -0.15) is 0 Å². The molecular weight excluding hydrogens is 374 g/mol. The average molecular weight is 397 g/mol. The van der Waals surface area contributed by atoms with Crippen molar-refractivity contribution in [1.29, 1.82) is 0 Å². The third-order valence-electron chi connectivity index (χ3n) is 5.33. The Kier molecular flexibility index (Phi) is 5.19. The summed E-state index contributed by atoms with van der Waals surface area (Å²) in [5, 5.41) is 2.97. The van der Waals surface area contributed by atoms with Crippen LogP contribution in [0.3, 0.4) is 0 Å². The summed E-state index contributed by atoms with van der Waals surface area (Å²) in [5.41, 5.74) is 9.92. The number of fused-ring (bicyclic) bond motifs is 2. The lowest BCUT2D eigenvalue weighted by Crippen LogP contribution is -2.30. The SMILES string of the molecule is Cc1ccc2cc(-c3cccc4c(C(=O)N(C)CCC(N)=O)cccc34)ccc2n1. The van der Waals surface area contributed by atoms with Gasteiger partial charge in [0.25, 0.3) is 5.91 Å². The van der Waals surface area contributed by atoms with Gasteiger partial charge < -0.3 is 10.6 Å². The van der Waals surface area contributed by atoms with E-state index in [1.54, 1.807) is 7.05 Å². The lowest BCUT2D eigenvalue weighted by molar-refractivity contribution is -0.118. The molecule has 0 aliphatic heterocycles. The van der Waals surface area contributed by atoms with E-state index in [4.69, 9.17) is 5.73 Å². The third-order valence-corrected chi connectivity index (χ3v) is 5.33. The largest absolute Gasteiger partial charge is 0.370 e. The highest BCUT2D eigenvalue weighted by atomic mass is 16.2. The van der Waals surface area contributed by atoms with Crippen LogP contribution in [0.2, 0.25) is 0 Å². The Bertz CT molecular complexity index is 1280. The fourth-order valence-corrected chi connectivity index (χ4v) is 3.73. The number of primary amides is 1. The Morgan fingerprint density at radius 3 is 2.53 bits per heavy atom. The van der Waals surface area contributed by atoms with Gasteiger partial charge in [-0.05, 0) is 53.1 Å². The fraction of sp³-hybridized carbons (Fsp3) is 0.160. The van der Waals surface area contributed by atoms with Crippen molar-refractivity contribution >= 4 is 33.5 Å². The van der Waals surface area contributed by atoms with Crippen molar-refractivity contribution in [2.45, 2.75) is 13.3 Å². The first-order valence-corrected chi connectivity index (χ1v) is 9.87. The van der Waals surface area contributed by atoms with Crippen LogP contribution in [0.1, 0.15) is 22.5 Å². The number of rotatable bonds is 5. The van der Waals surface area contributed by atoms with Crippen molar-refractivity contribution in [3.63, 3.8) is 0 Å². The molecule has 0 spiro atoms. The van der Waals surface area contributed by atoms with E-state index in [0.717, 1.165) is 38.5 Å². The number of nitrogens with zero attached hydrogens (tertiary/aromatic N) is 2. The van der Waals surface area contributed by atoms with Gasteiger partial charge in [-0.1, -0.05) is 42.5 Å². The molecule has 4 aromatic rings. The van der Waals surface area contributed by atoms with Crippen LogP contribution >= 0.6 is 0 Å². The molecule has 30 heavy (non-hydrogen) atoms. The van der Waals surface area contributed by atoms with Gasteiger partial charge in [0, 0.05) is 36.7 Å². The summed E-state index contributed by atoms with van der Waals surface area (Å²) < 4.78 is 0. The van der Waals surface area contributed by atoms with E-state index in [1.807, 2.05) is 49.4 Å². The van der Waals surface area contributed by atoms with Gasteiger partial charge in [0.15, 0.2) is 0 Å². The summed E-state index contributed by atoms with van der Waals surface area (Å²) in [6.45, 7) is 2.28. The summed E-state index contributed by atoms with van der Waals surface area (Å²) >= 11 is 0. The molecule has 0 fully saturated rings. The van der Waals surface area contributed by atoms with E-state index >= 15 is 0 Å². The zero-order valence-corrected chi connectivity index (χ0v) is 17.1. The Morgan fingerprint density at radius 2 is 1.73 bits per heavy atom. The predicted molar refractivity (Wildman–Crippen MR) is 120 cm³/mol. The second-order valence-corrected chi connectivity index (χ2v) is 7.51. The molecule has 0 aliphatic carbocycles. The number of aryl methyl sites for hydroxylation is 1. The first-order chi connectivity index (χ1) is 14.4. The van der Waals surface area contributed by atoms with Gasteiger partial charge in [-0.25, -0.2) is 0 Å². The molecule has 0 aliphatic rings. The maximum Gasteiger partial charge on any atom is 0.254 e. The van der Waals surface area contributed by atoms with Gasteiger partial charge in [-0.3, -0.25) is 14.6 Å². The highest BCUT2D eigenvalue weighted by molar-refractivity contribution is 6.10. The Labute approximate surface area is 175 Å². The maximum absolute atomic E-state index is 13.0. The summed E-state index contributed by atoms with van der Waals surface area (Å²) in [6.07, 6.45) is 0.142. The molecule has 0 unspecified atom stereocenters. The number of carbonyl (C=O) groups excluding carboxylic acids is 2. The minimum atomic E-state index is -0.421. The van der Waals surface area contributed by atoms with Gasteiger partial charge in [0.05, 0.1) is 5.52 Å². The van der Waals surface area contributed by atoms with Crippen molar-refractivity contribution in [1.82, 2.24) is 9.88 Å². The molecule has 1 heterocycles. The van der Waals surface area contributed by atoms with E-state index < -0.39 is 5.91 Å². The van der Waals surface area contributed by atoms with Crippen molar-refractivity contribution in [2.75, 3.05) is 13.6 Å². The number of aromatic nitrogens is 1. The van der Waals surface area contributed by atoms with E-state index in [1.165, 1.54) is 4.90 Å². The number of benzene rings is 3. The van der Waals surface area contributed by atoms with Crippen LogP contribution in [-0.4, -0.2) is 35.3 Å². The number of amides is 2. The molecule has 0 atom stereocenters. The highest BCUT2D eigenvalue weighted by Gasteiger charge is 2.16. The number of carbonyl (C=O) groups is 2. The second kappa shape index (κ2) is 7.95. The van der Waals surface area contributed by atoms with E-state index in [2.05, 4.69) is 29.2 Å². The maximum atomic E-state index is 13.0. The number of hydrogen-bond acceptors (Lipinski definition) is 3. The predicted octanol–water partition coefficient (Wildman–Crippen LogP) is 4.31. The Hall–Kier alpha value is -3.73. The van der Waals surface area contributed by atoms with Crippen molar-refractivity contribution in [3.8, 4) is 11.1 Å². The molecule has 0 bridgehead atoms. The summed E-state index contributed by atoms with van der Waals surface area (Å²) in [5.74, 6) is -0.548. The van der Waals surface area contributed by atoms with Gasteiger partial charge in [0.2, 0.25) is 5.91 Å². The molecule has 4 rings (SSSR count). The van der Waals surface area contributed by atoms with Crippen molar-refractivity contribution in [3.05, 3.63) is 78.0 Å². The minimum Gasteiger partial charge on any atom is -0.370 e. The quantitative estimate of drug-likeness (QED) is 0.545. The van der Waals surface area contributed by atoms with Crippen molar-refractivity contribution < 1.29 is 9.59 Å². The molecule has 3 aromatic carbocycles. The first kappa shape index (κ1) is 19.6. The van der Waals surface area contributed by atoms with E-state index in [0.29, 0.717) is 12.1 Å². The minimum absolute atomic E-state index is 0.128. The van der Waals surface area contributed by atoms with Crippen LogP contribution < -0.4 is 5.73 Å². The lowest BCUT2D eigenvalue weighted by atomic mass is 9.94. The molecule has 0 radical (unpaired) electrons. The molecule has 5 heteroatoms. The molecule has 2 N–H and O–H groups in total. The number of nitrogens with two attached hydrogens (primary N) is 1. The number of pyridine rings is 1. The second-order valence-electron chi connectivity index (χ2n) is 7.51. The van der Waals surface area contributed by atoms with Crippen LogP contribution in [-0.2, 0) is 4.79 Å². The smallest absolute Gasteiger partial charge is 0.254 e. The fourth-order valence-electron chi connectivity index (χ4n) is 3.73. The number of hydrogen-bond donors (Lipinski definition) is 1. The van der Waals surface area contributed by atoms with Crippen LogP contribution in [0.15, 0.2) is 66.7 Å². The van der Waals surface area contributed by atoms with Crippen LogP contribution in [0, 0.1) is 6.92 Å². The van der Waals surface area contributed by atoms with E-state index in [9.17, 15) is 9.59 Å². The van der Waals surface area contributed by atoms with Gasteiger partial charge in [0.1, 0.15) is 0 Å². The monoisotopic (exact) mass is 397 g/mol. The van der Waals surface area contributed by atoms with Gasteiger partial charge >= 0.3 is 0 Å². The molecule has 0 saturated carbocycles. The van der Waals surface area contributed by atoms with Crippen molar-refractivity contribution in [2.24, 2.45) is 5.73 Å². The third kappa shape index (κ3) is 3.74. The summed E-state index contributed by atoms with van der Waals surface area (Å²) in [4.78, 5) is 30.2.